The average Bonchev–Trinajstić information content (AvgIpc) is 3.12. The minimum absolute atomic E-state index is 0. The first kappa shape index (κ1) is 24.2. The molecular formula is C22H26ClF2N5OS. The monoisotopic (exact) mass is 481 g/mol. The highest BCUT2D eigenvalue weighted by molar-refractivity contribution is 7.21. The fraction of sp³-hybridized carbons (Fsp3) is 0.364. The van der Waals surface area contributed by atoms with Crippen LogP contribution < -0.4 is 21.3 Å². The quantitative estimate of drug-likeness (QED) is 0.501. The SMILES string of the molecule is CCc1ccc2c(N)c(C(=O)NCCc3cc(F)c(N4CCNCC4)cc3F)sc2n1.Cl. The van der Waals surface area contributed by atoms with E-state index < -0.39 is 11.6 Å². The number of nitrogens with one attached hydrogen (secondary N) is 2. The number of thiophene rings is 1. The number of nitrogens with zero attached hydrogens (tertiary/aromatic N) is 2. The van der Waals surface area contributed by atoms with Crippen LogP contribution in [0.25, 0.3) is 10.2 Å². The summed E-state index contributed by atoms with van der Waals surface area (Å²) < 4.78 is 29.1. The van der Waals surface area contributed by atoms with Crippen LogP contribution in [0, 0.1) is 11.6 Å². The molecule has 0 spiro atoms. The van der Waals surface area contributed by atoms with Gasteiger partial charge in [-0.15, -0.1) is 23.7 Å². The van der Waals surface area contributed by atoms with Crippen LogP contribution in [0.1, 0.15) is 27.9 Å². The minimum Gasteiger partial charge on any atom is -0.397 e. The van der Waals surface area contributed by atoms with E-state index in [-0.39, 0.29) is 42.5 Å². The highest BCUT2D eigenvalue weighted by Gasteiger charge is 2.19. The molecule has 1 saturated heterocycles. The number of carbonyl (C=O) groups is 1. The zero-order chi connectivity index (χ0) is 22.0. The molecule has 4 rings (SSSR count). The molecule has 1 fully saturated rings. The van der Waals surface area contributed by atoms with Gasteiger partial charge in [0.15, 0.2) is 0 Å². The molecule has 3 aromatic rings. The summed E-state index contributed by atoms with van der Waals surface area (Å²) in [6, 6.07) is 6.25. The van der Waals surface area contributed by atoms with Gasteiger partial charge < -0.3 is 21.3 Å². The molecule has 0 atom stereocenters. The van der Waals surface area contributed by atoms with E-state index in [0.29, 0.717) is 23.7 Å². The van der Waals surface area contributed by atoms with E-state index in [1.54, 1.807) is 0 Å². The highest BCUT2D eigenvalue weighted by Crippen LogP contribution is 2.32. The standard InChI is InChI=1S/C22H25F2N5OS.ClH/c1-2-14-3-4-15-19(25)20(31-22(15)28-14)21(30)27-6-5-13-11-17(24)18(12-16(13)23)29-9-7-26-8-10-29;/h3-4,11-12,26H,2,5-10,25H2,1H3,(H,27,30);1H. The van der Waals surface area contributed by atoms with E-state index in [1.807, 2.05) is 24.0 Å². The van der Waals surface area contributed by atoms with Crippen molar-refractivity contribution >= 4 is 51.2 Å². The number of aryl methyl sites for hydroxylation is 1. The first-order valence-electron chi connectivity index (χ1n) is 10.4. The summed E-state index contributed by atoms with van der Waals surface area (Å²) in [5.74, 6) is -1.25. The smallest absolute Gasteiger partial charge is 0.263 e. The van der Waals surface area contributed by atoms with Crippen molar-refractivity contribution in [1.82, 2.24) is 15.6 Å². The third-order valence-corrected chi connectivity index (χ3v) is 6.59. The van der Waals surface area contributed by atoms with Crippen molar-refractivity contribution in [3.63, 3.8) is 0 Å². The van der Waals surface area contributed by atoms with Gasteiger partial charge in [0.05, 0.1) is 11.4 Å². The molecule has 1 aromatic carbocycles. The van der Waals surface area contributed by atoms with E-state index in [1.165, 1.54) is 23.5 Å². The van der Waals surface area contributed by atoms with Crippen molar-refractivity contribution in [2.75, 3.05) is 43.4 Å². The molecule has 4 N–H and O–H groups in total. The van der Waals surface area contributed by atoms with E-state index >= 15 is 0 Å². The maximum atomic E-state index is 14.6. The maximum absolute atomic E-state index is 14.6. The molecule has 0 saturated carbocycles. The molecule has 2 aromatic heterocycles. The molecule has 3 heterocycles. The van der Waals surface area contributed by atoms with E-state index in [0.717, 1.165) is 35.4 Å². The number of fused-ring (bicyclic) bond motifs is 1. The third kappa shape index (κ3) is 4.95. The number of pyridine rings is 1. The Labute approximate surface area is 195 Å². The van der Waals surface area contributed by atoms with Gasteiger partial charge >= 0.3 is 0 Å². The highest BCUT2D eigenvalue weighted by atomic mass is 35.5. The zero-order valence-corrected chi connectivity index (χ0v) is 19.3. The number of nitrogen functional groups attached to an aromatic ring is 1. The number of hydrogen-bond donors (Lipinski definition) is 3. The van der Waals surface area contributed by atoms with E-state index in [9.17, 15) is 13.6 Å². The number of amides is 1. The second-order valence-electron chi connectivity index (χ2n) is 7.49. The lowest BCUT2D eigenvalue weighted by molar-refractivity contribution is 0.0959. The van der Waals surface area contributed by atoms with Gasteiger partial charge in [-0.1, -0.05) is 6.92 Å². The Morgan fingerprint density at radius 3 is 2.72 bits per heavy atom. The lowest BCUT2D eigenvalue weighted by Gasteiger charge is -2.30. The number of nitrogens with two attached hydrogens (primary N) is 1. The van der Waals surface area contributed by atoms with Crippen LogP contribution in [0.4, 0.5) is 20.2 Å². The molecule has 6 nitrogen and oxygen atoms in total. The van der Waals surface area contributed by atoms with Crippen molar-refractivity contribution in [1.29, 1.82) is 0 Å². The third-order valence-electron chi connectivity index (χ3n) is 5.47. The van der Waals surface area contributed by atoms with Gasteiger partial charge in [0.2, 0.25) is 0 Å². The summed E-state index contributed by atoms with van der Waals surface area (Å²) >= 11 is 1.24. The predicted octanol–water partition coefficient (Wildman–Crippen LogP) is 3.52. The number of hydrogen-bond acceptors (Lipinski definition) is 6. The average molecular weight is 482 g/mol. The number of carbonyl (C=O) groups excluding carboxylic acids is 1. The van der Waals surface area contributed by atoms with Gasteiger partial charge in [0.25, 0.3) is 5.91 Å². The number of aromatic nitrogens is 1. The second-order valence-corrected chi connectivity index (χ2v) is 8.49. The van der Waals surface area contributed by atoms with Gasteiger partial charge in [-0.25, -0.2) is 13.8 Å². The van der Waals surface area contributed by atoms with Gasteiger partial charge in [-0.3, -0.25) is 4.79 Å². The van der Waals surface area contributed by atoms with Crippen LogP contribution in [0.2, 0.25) is 0 Å². The fourth-order valence-electron chi connectivity index (χ4n) is 3.71. The molecule has 0 bridgehead atoms. The Morgan fingerprint density at radius 2 is 2.00 bits per heavy atom. The largest absolute Gasteiger partial charge is 0.397 e. The molecule has 1 aliphatic rings. The van der Waals surface area contributed by atoms with Gasteiger partial charge in [0.1, 0.15) is 21.3 Å². The van der Waals surface area contributed by atoms with Gasteiger partial charge in [-0.05, 0) is 36.6 Å². The molecule has 10 heteroatoms. The van der Waals surface area contributed by atoms with Crippen molar-refractivity contribution in [2.24, 2.45) is 0 Å². The lowest BCUT2D eigenvalue weighted by atomic mass is 10.1. The van der Waals surface area contributed by atoms with Crippen molar-refractivity contribution in [3.05, 3.63) is 52.0 Å². The van der Waals surface area contributed by atoms with E-state index in [4.69, 9.17) is 5.73 Å². The van der Waals surface area contributed by atoms with Crippen molar-refractivity contribution in [3.8, 4) is 0 Å². The molecule has 1 amide bonds. The fourth-order valence-corrected chi connectivity index (χ4v) is 4.74. The first-order valence-corrected chi connectivity index (χ1v) is 11.2. The molecule has 32 heavy (non-hydrogen) atoms. The predicted molar refractivity (Wildman–Crippen MR) is 128 cm³/mol. The lowest BCUT2D eigenvalue weighted by Crippen LogP contribution is -2.44. The zero-order valence-electron chi connectivity index (χ0n) is 17.7. The summed E-state index contributed by atoms with van der Waals surface area (Å²) in [7, 11) is 0. The molecule has 0 radical (unpaired) electrons. The topological polar surface area (TPSA) is 83.3 Å². The molecular weight excluding hydrogens is 456 g/mol. The van der Waals surface area contributed by atoms with Crippen LogP contribution in [-0.2, 0) is 12.8 Å². The van der Waals surface area contributed by atoms with Gasteiger partial charge in [-0.2, -0.15) is 0 Å². The Balaban J connectivity index is 0.00000289. The Hall–Kier alpha value is -2.49. The number of benzene rings is 1. The van der Waals surface area contributed by atoms with Crippen LogP contribution in [-0.4, -0.2) is 43.6 Å². The molecule has 172 valence electrons. The summed E-state index contributed by atoms with van der Waals surface area (Å²) in [6.07, 6.45) is 0.976. The number of halogens is 3. The first-order chi connectivity index (χ1) is 15.0. The van der Waals surface area contributed by atoms with Crippen LogP contribution in [0.15, 0.2) is 24.3 Å². The van der Waals surface area contributed by atoms with Crippen LogP contribution in [0.3, 0.4) is 0 Å². The van der Waals surface area contributed by atoms with E-state index in [2.05, 4.69) is 15.6 Å². The minimum atomic E-state index is -0.471. The Bertz CT molecular complexity index is 1120. The summed E-state index contributed by atoms with van der Waals surface area (Å²) in [5.41, 5.74) is 7.98. The van der Waals surface area contributed by atoms with Crippen LogP contribution >= 0.6 is 23.7 Å². The maximum Gasteiger partial charge on any atom is 0.263 e. The summed E-state index contributed by atoms with van der Waals surface area (Å²) in [6.45, 7) is 4.93. The van der Waals surface area contributed by atoms with Crippen LogP contribution in [0.5, 0.6) is 0 Å². The Kier molecular flexibility index (Phi) is 7.86. The van der Waals surface area contributed by atoms with Crippen molar-refractivity contribution < 1.29 is 13.6 Å². The number of rotatable bonds is 6. The van der Waals surface area contributed by atoms with Crippen molar-refractivity contribution in [2.45, 2.75) is 19.8 Å². The normalized spacial score (nSPS) is 13.8. The summed E-state index contributed by atoms with van der Waals surface area (Å²) in [5, 5.41) is 6.70. The number of piperazine rings is 1. The molecule has 0 aliphatic carbocycles. The second kappa shape index (κ2) is 10.4. The molecule has 0 unspecified atom stereocenters. The summed E-state index contributed by atoms with van der Waals surface area (Å²) in [4.78, 5) is 20.1. The Morgan fingerprint density at radius 1 is 1.25 bits per heavy atom. The number of anilines is 2. The van der Waals surface area contributed by atoms with Gasteiger partial charge in [0, 0.05) is 49.9 Å². The molecule has 1 aliphatic heterocycles.